The van der Waals surface area contributed by atoms with Gasteiger partial charge in [0.2, 0.25) is 0 Å². The van der Waals surface area contributed by atoms with Crippen LogP contribution in [0.3, 0.4) is 0 Å². The quantitative estimate of drug-likeness (QED) is 0.267. The average Bonchev–Trinajstić information content (AvgIpc) is 2.91. The van der Waals surface area contributed by atoms with E-state index in [0.29, 0.717) is 42.5 Å². The van der Waals surface area contributed by atoms with E-state index in [4.69, 9.17) is 0 Å². The maximum atomic E-state index is 13.1. The number of piperidine rings is 1. The van der Waals surface area contributed by atoms with Crippen LogP contribution in [0.4, 0.5) is 17.1 Å². The lowest BCUT2D eigenvalue weighted by Gasteiger charge is -2.47. The van der Waals surface area contributed by atoms with Crippen LogP contribution >= 0.6 is 15.9 Å². The zero-order valence-electron chi connectivity index (χ0n) is 23.4. The van der Waals surface area contributed by atoms with E-state index in [-0.39, 0.29) is 22.6 Å². The number of rotatable bonds is 8. The summed E-state index contributed by atoms with van der Waals surface area (Å²) in [7, 11) is -4.41. The summed E-state index contributed by atoms with van der Waals surface area (Å²) in [6, 6.07) is 8.58. The van der Waals surface area contributed by atoms with Crippen LogP contribution < -0.4 is 14.9 Å². The van der Waals surface area contributed by atoms with E-state index in [1.807, 2.05) is 4.72 Å². The predicted octanol–water partition coefficient (Wildman–Crippen LogP) is 4.78. The first-order valence-corrected chi connectivity index (χ1v) is 16.4. The van der Waals surface area contributed by atoms with E-state index in [2.05, 4.69) is 26.1 Å². The van der Waals surface area contributed by atoms with Crippen LogP contribution in [0.25, 0.3) is 0 Å². The van der Waals surface area contributed by atoms with E-state index < -0.39 is 37.0 Å². The van der Waals surface area contributed by atoms with Crippen LogP contribution in [0.1, 0.15) is 68.6 Å². The van der Waals surface area contributed by atoms with Crippen LogP contribution in [-0.4, -0.2) is 55.4 Å². The van der Waals surface area contributed by atoms with Gasteiger partial charge in [0.1, 0.15) is 11.5 Å². The van der Waals surface area contributed by atoms with Gasteiger partial charge in [0, 0.05) is 48.7 Å². The minimum absolute atomic E-state index is 0.111. The largest absolute Gasteiger partial charge is 0.390 e. The average molecular weight is 664 g/mol. The van der Waals surface area contributed by atoms with Gasteiger partial charge in [0.25, 0.3) is 21.6 Å². The maximum Gasteiger partial charge on any atom is 0.293 e. The first kappa shape index (κ1) is 30.4. The summed E-state index contributed by atoms with van der Waals surface area (Å²) < 4.78 is 28.6. The second kappa shape index (κ2) is 11.6. The molecule has 1 saturated heterocycles. The fraction of sp³-hybridized carbons (Fsp3) is 0.517. The Bertz CT molecular complexity index is 1500. The van der Waals surface area contributed by atoms with E-state index in [9.17, 15) is 33.2 Å². The van der Waals surface area contributed by atoms with Gasteiger partial charge >= 0.3 is 0 Å². The molecule has 0 atom stereocenters. The third-order valence-corrected chi connectivity index (χ3v) is 11.0. The van der Waals surface area contributed by atoms with Crippen molar-refractivity contribution in [2.45, 2.75) is 68.8 Å². The van der Waals surface area contributed by atoms with Crippen molar-refractivity contribution in [1.29, 1.82) is 0 Å². The number of aliphatic hydroxyl groups is 1. The van der Waals surface area contributed by atoms with Crippen molar-refractivity contribution in [3.05, 3.63) is 56.5 Å². The van der Waals surface area contributed by atoms with Gasteiger partial charge in [-0.2, -0.15) is 0 Å². The molecule has 0 aromatic heterocycles. The first-order valence-electron chi connectivity index (χ1n) is 14.1. The van der Waals surface area contributed by atoms with Gasteiger partial charge in [-0.05, 0) is 103 Å². The molecule has 11 nitrogen and oxygen atoms in total. The Kier molecular flexibility index (Phi) is 8.38. The van der Waals surface area contributed by atoms with Crippen molar-refractivity contribution in [3.8, 4) is 0 Å². The number of hydrogen-bond donors (Lipinski definition) is 3. The molecule has 2 aromatic carbocycles. The maximum absolute atomic E-state index is 13.1. The van der Waals surface area contributed by atoms with Gasteiger partial charge in [0.05, 0.1) is 21.0 Å². The lowest BCUT2D eigenvalue weighted by Crippen LogP contribution is -2.47. The molecule has 3 N–H and O–H groups in total. The van der Waals surface area contributed by atoms with Crippen molar-refractivity contribution in [1.82, 2.24) is 4.72 Å². The number of Topliss-reactive ketones (excluding diaryl/α,β-unsaturated/α-hetero) is 1. The number of sulfonamides is 1. The summed E-state index contributed by atoms with van der Waals surface area (Å²) in [6.45, 7) is 3.86. The number of amides is 1. The molecule has 5 rings (SSSR count). The summed E-state index contributed by atoms with van der Waals surface area (Å²) >= 11 is 3.39. The highest BCUT2D eigenvalue weighted by Gasteiger charge is 2.45. The molecule has 0 bridgehead atoms. The highest BCUT2D eigenvalue weighted by molar-refractivity contribution is 9.10. The molecule has 1 amide bonds. The summed E-state index contributed by atoms with van der Waals surface area (Å²) in [6.07, 6.45) is 6.05. The van der Waals surface area contributed by atoms with Gasteiger partial charge in [-0.15, -0.1) is 0 Å². The summed E-state index contributed by atoms with van der Waals surface area (Å²) in [5.41, 5.74) is 0.234. The third-order valence-electron chi connectivity index (χ3n) is 9.00. The number of nitrogens with zero attached hydrogens (tertiary/aromatic N) is 2. The number of hydrogen-bond acceptors (Lipinski definition) is 9. The highest BCUT2D eigenvalue weighted by Crippen LogP contribution is 2.47. The minimum Gasteiger partial charge on any atom is -0.390 e. The van der Waals surface area contributed by atoms with E-state index >= 15 is 0 Å². The van der Waals surface area contributed by atoms with E-state index in [1.54, 1.807) is 25.1 Å². The zero-order chi connectivity index (χ0) is 30.3. The molecule has 0 unspecified atom stereocenters. The number of anilines is 2. The standard InChI is InChI=1S/C29H35BrN4O7S/c1-28(37)8-6-19(7-9-28)18-31-25-5-3-22(15-26(25)34(38)39)42(40,41)32-27(36)23-4-2-20(14-24(23)30)33-12-10-29(11-13-33)16-21(35)17-29/h2-5,14-15,19,31,37H,6-13,16-18H2,1H3,(H,32,36)/t19-,28-. The number of carbonyl (C=O) groups is 2. The van der Waals surface area contributed by atoms with Gasteiger partial charge in [0.15, 0.2) is 0 Å². The molecule has 1 aliphatic heterocycles. The number of nitro groups is 1. The Morgan fingerprint density at radius 2 is 1.79 bits per heavy atom. The Labute approximate surface area is 253 Å². The van der Waals surface area contributed by atoms with Gasteiger partial charge in [-0.25, -0.2) is 13.1 Å². The zero-order valence-corrected chi connectivity index (χ0v) is 25.8. The summed E-state index contributed by atoms with van der Waals surface area (Å²) in [5, 5.41) is 25.0. The fourth-order valence-corrected chi connectivity index (χ4v) is 7.77. The van der Waals surface area contributed by atoms with Crippen LogP contribution in [-0.2, 0) is 14.8 Å². The van der Waals surface area contributed by atoms with Crippen LogP contribution in [0, 0.1) is 21.4 Å². The number of nitrogens with one attached hydrogen (secondary N) is 2. The van der Waals surface area contributed by atoms with Crippen LogP contribution in [0.15, 0.2) is 45.8 Å². The van der Waals surface area contributed by atoms with Crippen molar-refractivity contribution in [2.24, 2.45) is 11.3 Å². The second-order valence-corrected chi connectivity index (χ2v) is 14.8. The van der Waals surface area contributed by atoms with Gasteiger partial charge in [-0.1, -0.05) is 0 Å². The highest BCUT2D eigenvalue weighted by atomic mass is 79.9. The van der Waals surface area contributed by atoms with Gasteiger partial charge in [-0.3, -0.25) is 19.7 Å². The molecule has 1 spiro atoms. The molecule has 2 aromatic rings. The van der Waals surface area contributed by atoms with Crippen LogP contribution in [0.2, 0.25) is 0 Å². The minimum atomic E-state index is -4.41. The normalized spacial score (nSPS) is 23.7. The molecule has 3 fully saturated rings. The molecule has 0 radical (unpaired) electrons. The molecule has 42 heavy (non-hydrogen) atoms. The summed E-state index contributed by atoms with van der Waals surface area (Å²) in [5.74, 6) is -0.306. The molecule has 13 heteroatoms. The fourth-order valence-electron chi connectivity index (χ4n) is 6.24. The Balaban J connectivity index is 1.23. The number of ketones is 1. The number of carbonyl (C=O) groups excluding carboxylic acids is 2. The van der Waals surface area contributed by atoms with Crippen molar-refractivity contribution in [3.63, 3.8) is 0 Å². The van der Waals surface area contributed by atoms with Gasteiger partial charge < -0.3 is 15.3 Å². The lowest BCUT2D eigenvalue weighted by atomic mass is 9.62. The monoisotopic (exact) mass is 662 g/mol. The topological polar surface area (TPSA) is 159 Å². The van der Waals surface area contributed by atoms with Crippen molar-refractivity contribution in [2.75, 3.05) is 29.9 Å². The van der Waals surface area contributed by atoms with Crippen molar-refractivity contribution < 1.29 is 28.0 Å². The Hall–Kier alpha value is -3.03. The van der Waals surface area contributed by atoms with E-state index in [1.165, 1.54) is 12.1 Å². The second-order valence-electron chi connectivity index (χ2n) is 12.2. The number of nitro benzene ring substituents is 1. The molecular weight excluding hydrogens is 628 g/mol. The first-order chi connectivity index (χ1) is 19.8. The molecule has 226 valence electrons. The Morgan fingerprint density at radius 3 is 2.38 bits per heavy atom. The predicted molar refractivity (Wildman–Crippen MR) is 161 cm³/mol. The molecular formula is C29H35BrN4O7S. The van der Waals surface area contributed by atoms with Crippen LogP contribution in [0.5, 0.6) is 0 Å². The summed E-state index contributed by atoms with van der Waals surface area (Å²) in [4.78, 5) is 37.4. The SMILES string of the molecule is C[C@]1(O)CC[C@H](CNc2ccc(S(=O)(=O)NC(=O)c3ccc(N4CCC5(CC4)CC(=O)C5)cc3Br)cc2[N+](=O)[O-])CC1. The third kappa shape index (κ3) is 6.63. The molecule has 1 heterocycles. The smallest absolute Gasteiger partial charge is 0.293 e. The molecule has 3 aliphatic rings. The van der Waals surface area contributed by atoms with E-state index in [0.717, 1.165) is 50.5 Å². The lowest BCUT2D eigenvalue weighted by molar-refractivity contribution is -0.384. The molecule has 2 aliphatic carbocycles. The Morgan fingerprint density at radius 1 is 1.12 bits per heavy atom. The number of halogens is 1. The number of benzene rings is 2. The van der Waals surface area contributed by atoms with Crippen molar-refractivity contribution >= 4 is 54.7 Å². The molecule has 2 saturated carbocycles.